The number of carbonyl (C=O) groups is 1. The number of amides is 1. The fourth-order valence-corrected chi connectivity index (χ4v) is 2.25. The van der Waals surface area contributed by atoms with Crippen LogP contribution < -0.4 is 10.2 Å². The van der Waals surface area contributed by atoms with Crippen molar-refractivity contribution in [1.29, 1.82) is 0 Å². The van der Waals surface area contributed by atoms with E-state index in [9.17, 15) is 4.79 Å². The van der Waals surface area contributed by atoms with E-state index in [-0.39, 0.29) is 11.9 Å². The zero-order chi connectivity index (χ0) is 13.8. The first kappa shape index (κ1) is 13.9. The number of likely N-dealkylation sites (N-methyl/N-ethyl adjacent to an activating group) is 1. The lowest BCUT2D eigenvalue weighted by Gasteiger charge is -2.34. The molecule has 1 N–H and O–H groups in total. The van der Waals surface area contributed by atoms with Gasteiger partial charge in [0.2, 0.25) is 0 Å². The smallest absolute Gasteiger partial charge is 0.251 e. The van der Waals surface area contributed by atoms with Crippen LogP contribution in [0.2, 0.25) is 0 Å². The minimum atomic E-state index is 0.00553. The van der Waals surface area contributed by atoms with Gasteiger partial charge in [-0.05, 0) is 39.1 Å². The molecule has 1 amide bonds. The molecule has 0 unspecified atom stereocenters. The molecule has 0 aromatic heterocycles. The molecule has 19 heavy (non-hydrogen) atoms. The number of nitrogens with zero attached hydrogens (tertiary/aromatic N) is 2. The lowest BCUT2D eigenvalue weighted by Crippen LogP contribution is -2.44. The number of hydrogen-bond acceptors (Lipinski definition) is 3. The summed E-state index contributed by atoms with van der Waals surface area (Å²) in [5, 5.41) is 2.93. The van der Waals surface area contributed by atoms with E-state index < -0.39 is 0 Å². The van der Waals surface area contributed by atoms with Crippen molar-refractivity contribution < 1.29 is 4.79 Å². The lowest BCUT2D eigenvalue weighted by atomic mass is 10.1. The predicted molar refractivity (Wildman–Crippen MR) is 78.8 cm³/mol. The average Bonchev–Trinajstić information content (AvgIpc) is 2.39. The van der Waals surface area contributed by atoms with Crippen LogP contribution in [0.1, 0.15) is 24.2 Å². The van der Waals surface area contributed by atoms with Gasteiger partial charge in [0.25, 0.3) is 5.91 Å². The lowest BCUT2D eigenvalue weighted by molar-refractivity contribution is 0.0943. The second kappa shape index (κ2) is 6.06. The number of nitrogens with one attached hydrogen (secondary N) is 1. The van der Waals surface area contributed by atoms with Crippen LogP contribution in [0, 0.1) is 0 Å². The van der Waals surface area contributed by atoms with Gasteiger partial charge in [0.1, 0.15) is 0 Å². The molecule has 0 bridgehead atoms. The normalized spacial score (nSPS) is 16.7. The number of carbonyl (C=O) groups excluding carboxylic acids is 1. The maximum absolute atomic E-state index is 12.0. The molecular weight excluding hydrogens is 238 g/mol. The minimum Gasteiger partial charge on any atom is -0.369 e. The summed E-state index contributed by atoms with van der Waals surface area (Å²) in [4.78, 5) is 16.7. The van der Waals surface area contributed by atoms with Crippen molar-refractivity contribution in [2.45, 2.75) is 19.9 Å². The standard InChI is InChI=1S/C15H23N3O/c1-12(2)16-15(19)13-5-4-6-14(11-13)18-9-7-17(3)8-10-18/h4-6,11-12H,7-10H2,1-3H3,(H,16,19). The van der Waals surface area contributed by atoms with E-state index in [4.69, 9.17) is 0 Å². The third-order valence-electron chi connectivity index (χ3n) is 3.40. The Morgan fingerprint density at radius 1 is 1.21 bits per heavy atom. The first-order valence-corrected chi connectivity index (χ1v) is 6.90. The van der Waals surface area contributed by atoms with Crippen LogP contribution in [-0.2, 0) is 0 Å². The molecule has 1 aromatic rings. The Balaban J connectivity index is 2.08. The van der Waals surface area contributed by atoms with Crippen LogP contribution in [0.15, 0.2) is 24.3 Å². The molecule has 0 atom stereocenters. The summed E-state index contributed by atoms with van der Waals surface area (Å²) < 4.78 is 0. The van der Waals surface area contributed by atoms with Gasteiger partial charge < -0.3 is 15.1 Å². The van der Waals surface area contributed by atoms with Gasteiger partial charge in [0.05, 0.1) is 0 Å². The van der Waals surface area contributed by atoms with E-state index in [1.165, 1.54) is 0 Å². The fraction of sp³-hybridized carbons (Fsp3) is 0.533. The minimum absolute atomic E-state index is 0.00553. The number of piperazine rings is 1. The summed E-state index contributed by atoms with van der Waals surface area (Å²) in [6.45, 7) is 8.13. The summed E-state index contributed by atoms with van der Waals surface area (Å²) in [7, 11) is 2.14. The Bertz CT molecular complexity index is 437. The number of rotatable bonds is 3. The van der Waals surface area contributed by atoms with Gasteiger partial charge in [-0.15, -0.1) is 0 Å². The van der Waals surface area contributed by atoms with E-state index >= 15 is 0 Å². The van der Waals surface area contributed by atoms with Crippen LogP contribution >= 0.6 is 0 Å². The topological polar surface area (TPSA) is 35.6 Å². The first-order valence-electron chi connectivity index (χ1n) is 6.90. The van der Waals surface area contributed by atoms with Gasteiger partial charge in [0.15, 0.2) is 0 Å². The predicted octanol–water partition coefficient (Wildman–Crippen LogP) is 1.58. The highest BCUT2D eigenvalue weighted by Crippen LogP contribution is 2.18. The van der Waals surface area contributed by atoms with E-state index in [0.29, 0.717) is 0 Å². The third-order valence-corrected chi connectivity index (χ3v) is 3.40. The molecule has 0 radical (unpaired) electrons. The van der Waals surface area contributed by atoms with Gasteiger partial charge in [-0.2, -0.15) is 0 Å². The molecule has 2 rings (SSSR count). The molecule has 1 aromatic carbocycles. The highest BCUT2D eigenvalue weighted by Gasteiger charge is 2.15. The Hall–Kier alpha value is -1.55. The van der Waals surface area contributed by atoms with Crippen molar-refractivity contribution in [2.24, 2.45) is 0 Å². The molecule has 4 nitrogen and oxygen atoms in total. The van der Waals surface area contributed by atoms with Gasteiger partial charge in [-0.3, -0.25) is 4.79 Å². The molecule has 1 aliphatic heterocycles. The summed E-state index contributed by atoms with van der Waals surface area (Å²) in [6.07, 6.45) is 0. The van der Waals surface area contributed by atoms with Gasteiger partial charge >= 0.3 is 0 Å². The third kappa shape index (κ3) is 3.70. The van der Waals surface area contributed by atoms with Crippen LogP contribution in [0.25, 0.3) is 0 Å². The van der Waals surface area contributed by atoms with Crippen LogP contribution in [-0.4, -0.2) is 50.1 Å². The van der Waals surface area contributed by atoms with E-state index in [1.807, 2.05) is 32.0 Å². The Morgan fingerprint density at radius 3 is 2.53 bits per heavy atom. The summed E-state index contributed by atoms with van der Waals surface area (Å²) in [5.74, 6) is 0.00553. The Morgan fingerprint density at radius 2 is 1.89 bits per heavy atom. The average molecular weight is 261 g/mol. The molecule has 0 saturated carbocycles. The monoisotopic (exact) mass is 261 g/mol. The summed E-state index contributed by atoms with van der Waals surface area (Å²) >= 11 is 0. The van der Waals surface area contributed by atoms with Crippen molar-refractivity contribution in [1.82, 2.24) is 10.2 Å². The van der Waals surface area contributed by atoms with E-state index in [2.05, 4.69) is 28.2 Å². The Labute approximate surface area is 115 Å². The summed E-state index contributed by atoms with van der Waals surface area (Å²) in [6, 6.07) is 8.07. The van der Waals surface area contributed by atoms with E-state index in [1.54, 1.807) is 0 Å². The van der Waals surface area contributed by atoms with Crippen molar-refractivity contribution in [3.05, 3.63) is 29.8 Å². The van der Waals surface area contributed by atoms with Gasteiger partial charge in [-0.1, -0.05) is 6.07 Å². The van der Waals surface area contributed by atoms with Gasteiger partial charge in [-0.25, -0.2) is 0 Å². The molecule has 0 aliphatic carbocycles. The number of anilines is 1. The van der Waals surface area contributed by atoms with Gasteiger partial charge in [0, 0.05) is 43.5 Å². The first-order chi connectivity index (χ1) is 9.06. The van der Waals surface area contributed by atoms with Crippen molar-refractivity contribution in [3.63, 3.8) is 0 Å². The number of hydrogen-bond donors (Lipinski definition) is 1. The van der Waals surface area contributed by atoms with Crippen LogP contribution in [0.4, 0.5) is 5.69 Å². The largest absolute Gasteiger partial charge is 0.369 e. The fourth-order valence-electron chi connectivity index (χ4n) is 2.25. The molecule has 4 heteroatoms. The maximum atomic E-state index is 12.0. The molecule has 104 valence electrons. The van der Waals surface area contributed by atoms with Crippen molar-refractivity contribution in [3.8, 4) is 0 Å². The second-order valence-electron chi connectivity index (χ2n) is 5.47. The number of benzene rings is 1. The highest BCUT2D eigenvalue weighted by atomic mass is 16.1. The molecule has 0 spiro atoms. The SMILES string of the molecule is CC(C)NC(=O)c1cccc(N2CCN(C)CC2)c1. The summed E-state index contributed by atoms with van der Waals surface area (Å²) in [5.41, 5.74) is 1.88. The zero-order valence-corrected chi connectivity index (χ0v) is 12.0. The Kier molecular flexibility index (Phi) is 4.43. The molecule has 1 heterocycles. The van der Waals surface area contributed by atoms with Crippen molar-refractivity contribution >= 4 is 11.6 Å². The second-order valence-corrected chi connectivity index (χ2v) is 5.47. The molecule has 1 fully saturated rings. The van der Waals surface area contributed by atoms with Crippen LogP contribution in [0.3, 0.4) is 0 Å². The van der Waals surface area contributed by atoms with E-state index in [0.717, 1.165) is 37.4 Å². The molecule has 1 saturated heterocycles. The molecule has 1 aliphatic rings. The van der Waals surface area contributed by atoms with Crippen molar-refractivity contribution in [2.75, 3.05) is 38.1 Å². The van der Waals surface area contributed by atoms with Crippen LogP contribution in [0.5, 0.6) is 0 Å². The maximum Gasteiger partial charge on any atom is 0.251 e. The molecular formula is C15H23N3O. The quantitative estimate of drug-likeness (QED) is 0.897. The highest BCUT2D eigenvalue weighted by molar-refractivity contribution is 5.95. The zero-order valence-electron chi connectivity index (χ0n) is 12.0.